The summed E-state index contributed by atoms with van der Waals surface area (Å²) in [5, 5.41) is 9.87. The molecule has 1 saturated carbocycles. The maximum absolute atomic E-state index is 9.87. The lowest BCUT2D eigenvalue weighted by molar-refractivity contribution is 0.0642. The van der Waals surface area contributed by atoms with Crippen LogP contribution in [0.2, 0.25) is 0 Å². The summed E-state index contributed by atoms with van der Waals surface area (Å²) >= 11 is 0. The highest BCUT2D eigenvalue weighted by Crippen LogP contribution is 2.43. The van der Waals surface area contributed by atoms with Crippen molar-refractivity contribution in [2.45, 2.75) is 38.7 Å². The molecule has 1 nitrogen and oxygen atoms in total. The highest BCUT2D eigenvalue weighted by atomic mass is 16.3. The van der Waals surface area contributed by atoms with E-state index in [0.29, 0.717) is 0 Å². The Hall–Kier alpha value is -0.560. The van der Waals surface area contributed by atoms with Crippen LogP contribution in [0.3, 0.4) is 0 Å². The molecule has 0 amide bonds. The van der Waals surface area contributed by atoms with Crippen molar-refractivity contribution in [3.63, 3.8) is 0 Å². The first-order valence-corrected chi connectivity index (χ1v) is 4.79. The van der Waals surface area contributed by atoms with Gasteiger partial charge in [0.1, 0.15) is 0 Å². The molecule has 0 unspecified atom stereocenters. The average Bonchev–Trinajstić information content (AvgIpc) is 2.07. The molecule has 0 spiro atoms. The summed E-state index contributed by atoms with van der Waals surface area (Å²) < 4.78 is 0. The van der Waals surface area contributed by atoms with Crippen molar-refractivity contribution in [1.82, 2.24) is 0 Å². The van der Waals surface area contributed by atoms with Gasteiger partial charge >= 0.3 is 0 Å². The fourth-order valence-electron chi connectivity index (χ4n) is 2.33. The third-order valence-corrected chi connectivity index (χ3v) is 3.27. The Morgan fingerprint density at radius 3 is 3.17 bits per heavy atom. The lowest BCUT2D eigenvalue weighted by Crippen LogP contribution is -2.36. The molecule has 0 aromatic carbocycles. The first-order chi connectivity index (χ1) is 5.73. The maximum Gasteiger partial charge on any atom is 0.0665 e. The Morgan fingerprint density at radius 2 is 2.42 bits per heavy atom. The third kappa shape index (κ3) is 1.04. The molecule has 1 N–H and O–H groups in total. The maximum atomic E-state index is 9.87. The Bertz CT molecular complexity index is 239. The number of hydrogen-bond donors (Lipinski definition) is 1. The smallest absolute Gasteiger partial charge is 0.0665 e. The fourth-order valence-corrected chi connectivity index (χ4v) is 2.33. The molecular formula is C11H16O. The highest BCUT2D eigenvalue weighted by Gasteiger charge is 2.37. The normalized spacial score (nSPS) is 40.5. The number of aliphatic hydroxyl groups is 1. The summed E-state index contributed by atoms with van der Waals surface area (Å²) in [7, 11) is 0. The third-order valence-electron chi connectivity index (χ3n) is 3.27. The van der Waals surface area contributed by atoms with E-state index < -0.39 is 0 Å². The molecule has 2 aliphatic carbocycles. The number of aliphatic hydroxyl groups excluding tert-OH is 1. The molecule has 0 heterocycles. The van der Waals surface area contributed by atoms with E-state index in [1.54, 1.807) is 0 Å². The Morgan fingerprint density at radius 1 is 1.58 bits per heavy atom. The van der Waals surface area contributed by atoms with Crippen molar-refractivity contribution < 1.29 is 5.11 Å². The van der Waals surface area contributed by atoms with Crippen LogP contribution in [0.25, 0.3) is 0 Å². The predicted molar refractivity (Wildman–Crippen MR) is 49.8 cm³/mol. The van der Waals surface area contributed by atoms with Crippen LogP contribution >= 0.6 is 0 Å². The van der Waals surface area contributed by atoms with Crippen LogP contribution in [0.15, 0.2) is 23.8 Å². The lowest BCUT2D eigenvalue weighted by Gasteiger charge is -2.40. The van der Waals surface area contributed by atoms with Gasteiger partial charge in [-0.05, 0) is 32.6 Å². The fraction of sp³-hybridized carbons (Fsp3) is 0.636. The largest absolute Gasteiger partial charge is 0.392 e. The average molecular weight is 164 g/mol. The van der Waals surface area contributed by atoms with Crippen LogP contribution < -0.4 is 0 Å². The molecule has 66 valence electrons. The summed E-state index contributed by atoms with van der Waals surface area (Å²) in [6.07, 6.45) is 10.8. The van der Waals surface area contributed by atoms with Gasteiger partial charge in [-0.3, -0.25) is 0 Å². The second kappa shape index (κ2) is 2.74. The lowest BCUT2D eigenvalue weighted by atomic mass is 9.67. The van der Waals surface area contributed by atoms with Gasteiger partial charge in [-0.15, -0.1) is 0 Å². The van der Waals surface area contributed by atoms with Gasteiger partial charge in [-0.25, -0.2) is 0 Å². The molecule has 0 saturated heterocycles. The second-order valence-electron chi connectivity index (χ2n) is 4.06. The minimum absolute atomic E-state index is 0.0312. The van der Waals surface area contributed by atoms with E-state index >= 15 is 0 Å². The van der Waals surface area contributed by atoms with Crippen LogP contribution in [-0.4, -0.2) is 11.2 Å². The summed E-state index contributed by atoms with van der Waals surface area (Å²) in [6, 6.07) is 0. The van der Waals surface area contributed by atoms with Crippen molar-refractivity contribution in [2.24, 2.45) is 5.41 Å². The number of hydrogen-bond acceptors (Lipinski definition) is 1. The summed E-state index contributed by atoms with van der Waals surface area (Å²) in [5.74, 6) is 0. The minimum Gasteiger partial charge on any atom is -0.392 e. The van der Waals surface area contributed by atoms with Crippen molar-refractivity contribution >= 4 is 0 Å². The van der Waals surface area contributed by atoms with Crippen molar-refractivity contribution in [1.29, 1.82) is 0 Å². The quantitative estimate of drug-likeness (QED) is 0.545. The number of fused-ring (bicyclic) bond motifs is 1. The van der Waals surface area contributed by atoms with Crippen LogP contribution in [0.1, 0.15) is 32.6 Å². The van der Waals surface area contributed by atoms with Gasteiger partial charge in [0.05, 0.1) is 6.10 Å². The van der Waals surface area contributed by atoms with Crippen molar-refractivity contribution in [3.8, 4) is 0 Å². The zero-order valence-electron chi connectivity index (χ0n) is 7.59. The molecule has 0 radical (unpaired) electrons. The highest BCUT2D eigenvalue weighted by molar-refractivity contribution is 5.29. The van der Waals surface area contributed by atoms with E-state index in [9.17, 15) is 5.11 Å². The van der Waals surface area contributed by atoms with Crippen molar-refractivity contribution in [2.75, 3.05) is 0 Å². The van der Waals surface area contributed by atoms with Gasteiger partial charge in [0.15, 0.2) is 0 Å². The first-order valence-electron chi connectivity index (χ1n) is 4.79. The van der Waals surface area contributed by atoms with E-state index in [0.717, 1.165) is 19.3 Å². The molecule has 1 fully saturated rings. The van der Waals surface area contributed by atoms with E-state index in [2.05, 4.69) is 25.2 Å². The molecule has 0 aromatic heterocycles. The van der Waals surface area contributed by atoms with Crippen molar-refractivity contribution in [3.05, 3.63) is 23.8 Å². The van der Waals surface area contributed by atoms with E-state index in [1.807, 2.05) is 0 Å². The Balaban J connectivity index is 2.32. The molecule has 2 atom stereocenters. The molecule has 0 aromatic rings. The van der Waals surface area contributed by atoms with Gasteiger partial charge in [0.2, 0.25) is 0 Å². The molecule has 2 rings (SSSR count). The predicted octanol–water partition coefficient (Wildman–Crippen LogP) is 2.42. The number of allylic oxidation sites excluding steroid dienone is 2. The monoisotopic (exact) mass is 164 g/mol. The van der Waals surface area contributed by atoms with Gasteiger partial charge < -0.3 is 5.11 Å². The minimum atomic E-state index is -0.158. The number of rotatable bonds is 0. The molecular weight excluding hydrogens is 148 g/mol. The van der Waals surface area contributed by atoms with Crippen LogP contribution in [0.4, 0.5) is 0 Å². The van der Waals surface area contributed by atoms with Crippen LogP contribution in [0.5, 0.6) is 0 Å². The molecule has 0 bridgehead atoms. The first kappa shape index (κ1) is 8.06. The van der Waals surface area contributed by atoms with Gasteiger partial charge in [0, 0.05) is 5.41 Å². The topological polar surface area (TPSA) is 20.2 Å². The van der Waals surface area contributed by atoms with Crippen LogP contribution in [0, 0.1) is 5.41 Å². The molecule has 2 aliphatic rings. The van der Waals surface area contributed by atoms with E-state index in [-0.39, 0.29) is 11.5 Å². The standard InChI is InChI=1S/C11H16O/c1-11-8-3-2-5-9(11)6-4-7-10(11)12/h3,5,8,10,12H,2,4,6-7H2,1H3/t10-,11-/m0/s1. The van der Waals surface area contributed by atoms with E-state index in [1.165, 1.54) is 12.0 Å². The van der Waals surface area contributed by atoms with Gasteiger partial charge in [0.25, 0.3) is 0 Å². The molecule has 1 heteroatoms. The van der Waals surface area contributed by atoms with Gasteiger partial charge in [-0.2, -0.15) is 0 Å². The molecule has 12 heavy (non-hydrogen) atoms. The zero-order chi connectivity index (χ0) is 8.60. The zero-order valence-corrected chi connectivity index (χ0v) is 7.59. The summed E-state index contributed by atoms with van der Waals surface area (Å²) in [4.78, 5) is 0. The summed E-state index contributed by atoms with van der Waals surface area (Å²) in [5.41, 5.74) is 1.42. The van der Waals surface area contributed by atoms with E-state index in [4.69, 9.17) is 0 Å². The SMILES string of the molecule is C[C@]12C=CCC=C1CCC[C@@H]2O. The summed E-state index contributed by atoms with van der Waals surface area (Å²) in [6.45, 7) is 2.15. The van der Waals surface area contributed by atoms with Crippen LogP contribution in [-0.2, 0) is 0 Å². The van der Waals surface area contributed by atoms with Gasteiger partial charge in [-0.1, -0.05) is 23.8 Å². The second-order valence-corrected chi connectivity index (χ2v) is 4.06. The Labute approximate surface area is 73.8 Å². The molecule has 0 aliphatic heterocycles. The Kier molecular flexibility index (Phi) is 1.84.